The van der Waals surface area contributed by atoms with Gasteiger partial charge in [-0.3, -0.25) is 9.59 Å². The van der Waals surface area contributed by atoms with Gasteiger partial charge in [-0.25, -0.2) is 0 Å². The molecular formula is C24H34N2O3. The molecule has 5 nitrogen and oxygen atoms in total. The summed E-state index contributed by atoms with van der Waals surface area (Å²) in [7, 11) is 0. The third-order valence-corrected chi connectivity index (χ3v) is 7.63. The lowest BCUT2D eigenvalue weighted by Gasteiger charge is -2.42. The SMILES string of the molecule is O=C(C1CCN(C2CCCCC2)CC1)N1CCC(C(=O)O)(c2ccccc2)CC1. The third kappa shape index (κ3) is 4.20. The van der Waals surface area contributed by atoms with E-state index in [1.807, 2.05) is 35.2 Å². The fraction of sp³-hybridized carbons (Fsp3) is 0.667. The molecule has 1 saturated carbocycles. The lowest BCUT2D eigenvalue weighted by molar-refractivity contribution is -0.149. The molecular weight excluding hydrogens is 364 g/mol. The molecule has 29 heavy (non-hydrogen) atoms. The third-order valence-electron chi connectivity index (χ3n) is 7.63. The van der Waals surface area contributed by atoms with E-state index in [-0.39, 0.29) is 11.8 Å². The Morgan fingerprint density at radius 3 is 2.07 bits per heavy atom. The molecule has 0 unspecified atom stereocenters. The summed E-state index contributed by atoms with van der Waals surface area (Å²) in [5, 5.41) is 9.96. The molecule has 2 heterocycles. The number of rotatable bonds is 4. The number of carboxylic acid groups (broad SMARTS) is 1. The van der Waals surface area contributed by atoms with Crippen molar-refractivity contribution in [2.75, 3.05) is 26.2 Å². The van der Waals surface area contributed by atoms with Gasteiger partial charge in [0.05, 0.1) is 5.41 Å². The molecule has 1 aliphatic carbocycles. The van der Waals surface area contributed by atoms with Crippen molar-refractivity contribution < 1.29 is 14.7 Å². The topological polar surface area (TPSA) is 60.9 Å². The van der Waals surface area contributed by atoms with E-state index in [0.29, 0.717) is 25.9 Å². The van der Waals surface area contributed by atoms with Gasteiger partial charge in [0.25, 0.3) is 0 Å². The van der Waals surface area contributed by atoms with Gasteiger partial charge >= 0.3 is 5.97 Å². The van der Waals surface area contributed by atoms with E-state index in [9.17, 15) is 14.7 Å². The number of carbonyl (C=O) groups is 2. The van der Waals surface area contributed by atoms with E-state index >= 15 is 0 Å². The van der Waals surface area contributed by atoms with Crippen molar-refractivity contribution in [3.05, 3.63) is 35.9 Å². The molecule has 3 fully saturated rings. The molecule has 3 aliphatic rings. The van der Waals surface area contributed by atoms with Gasteiger partial charge in [0.15, 0.2) is 0 Å². The minimum absolute atomic E-state index is 0.115. The van der Waals surface area contributed by atoms with Crippen LogP contribution in [0.3, 0.4) is 0 Å². The second kappa shape index (κ2) is 8.86. The highest BCUT2D eigenvalue weighted by molar-refractivity contribution is 5.83. The van der Waals surface area contributed by atoms with Crippen molar-refractivity contribution in [1.29, 1.82) is 0 Å². The second-order valence-corrected chi connectivity index (χ2v) is 9.18. The van der Waals surface area contributed by atoms with Crippen LogP contribution in [0.15, 0.2) is 30.3 Å². The minimum Gasteiger partial charge on any atom is -0.481 e. The number of hydrogen-bond acceptors (Lipinski definition) is 3. The molecule has 0 spiro atoms. The summed E-state index contributed by atoms with van der Waals surface area (Å²) in [5.74, 6) is -0.402. The zero-order chi connectivity index (χ0) is 20.3. The highest BCUT2D eigenvalue weighted by Crippen LogP contribution is 2.37. The molecule has 0 radical (unpaired) electrons. The monoisotopic (exact) mass is 398 g/mol. The summed E-state index contributed by atoms with van der Waals surface area (Å²) in [5.41, 5.74) is 0.00273. The standard InChI is InChI=1S/C24H34N2O3/c27-22(19-11-15-25(16-12-19)21-9-5-2-6-10-21)26-17-13-24(14-18-26,23(28)29)20-7-3-1-4-8-20/h1,3-4,7-8,19,21H,2,5-6,9-18H2,(H,28,29). The van der Waals surface area contributed by atoms with E-state index in [1.54, 1.807) is 0 Å². The number of likely N-dealkylation sites (tertiary alicyclic amines) is 2. The Hall–Kier alpha value is -1.88. The molecule has 2 saturated heterocycles. The lowest BCUT2D eigenvalue weighted by Crippen LogP contribution is -2.52. The summed E-state index contributed by atoms with van der Waals surface area (Å²) in [6.45, 7) is 3.17. The van der Waals surface area contributed by atoms with Gasteiger partial charge in [-0.2, -0.15) is 0 Å². The number of amides is 1. The Morgan fingerprint density at radius 2 is 1.48 bits per heavy atom. The summed E-state index contributed by atoms with van der Waals surface area (Å²) >= 11 is 0. The van der Waals surface area contributed by atoms with Crippen molar-refractivity contribution in [3.8, 4) is 0 Å². The number of benzene rings is 1. The van der Waals surface area contributed by atoms with Gasteiger partial charge in [0, 0.05) is 25.0 Å². The second-order valence-electron chi connectivity index (χ2n) is 9.18. The normalized spacial score (nSPS) is 24.3. The average Bonchev–Trinajstić information content (AvgIpc) is 2.80. The van der Waals surface area contributed by atoms with Crippen LogP contribution in [0.1, 0.15) is 63.4 Å². The van der Waals surface area contributed by atoms with E-state index in [0.717, 1.165) is 37.5 Å². The van der Waals surface area contributed by atoms with Gasteiger partial charge in [-0.05, 0) is 57.2 Å². The molecule has 1 amide bonds. The van der Waals surface area contributed by atoms with Gasteiger partial charge in [0.2, 0.25) is 5.91 Å². The molecule has 1 aromatic rings. The summed E-state index contributed by atoms with van der Waals surface area (Å²) in [6, 6.07) is 10.3. The van der Waals surface area contributed by atoms with Crippen LogP contribution in [0, 0.1) is 5.92 Å². The first-order valence-electron chi connectivity index (χ1n) is 11.4. The zero-order valence-electron chi connectivity index (χ0n) is 17.4. The number of aliphatic carboxylic acids is 1. The Bertz CT molecular complexity index is 698. The largest absolute Gasteiger partial charge is 0.481 e. The Balaban J connectivity index is 1.33. The van der Waals surface area contributed by atoms with E-state index in [2.05, 4.69) is 4.90 Å². The fourth-order valence-electron chi connectivity index (χ4n) is 5.71. The van der Waals surface area contributed by atoms with Crippen molar-refractivity contribution in [2.45, 2.75) is 69.2 Å². The van der Waals surface area contributed by atoms with Crippen LogP contribution < -0.4 is 0 Å². The molecule has 2 aliphatic heterocycles. The van der Waals surface area contributed by atoms with Crippen LogP contribution in [-0.2, 0) is 15.0 Å². The van der Waals surface area contributed by atoms with Gasteiger partial charge < -0.3 is 14.9 Å². The van der Waals surface area contributed by atoms with E-state index < -0.39 is 11.4 Å². The van der Waals surface area contributed by atoms with Gasteiger partial charge in [-0.15, -0.1) is 0 Å². The number of hydrogen-bond donors (Lipinski definition) is 1. The molecule has 0 atom stereocenters. The maximum absolute atomic E-state index is 13.1. The van der Waals surface area contributed by atoms with E-state index in [4.69, 9.17) is 0 Å². The Labute approximate surface area is 174 Å². The Morgan fingerprint density at radius 1 is 0.862 bits per heavy atom. The lowest BCUT2D eigenvalue weighted by atomic mass is 9.72. The van der Waals surface area contributed by atoms with Crippen molar-refractivity contribution in [2.24, 2.45) is 5.92 Å². The first-order chi connectivity index (χ1) is 14.1. The summed E-state index contributed by atoms with van der Waals surface area (Å²) in [4.78, 5) is 29.8. The Kier molecular flexibility index (Phi) is 6.23. The molecule has 0 aromatic heterocycles. The highest BCUT2D eigenvalue weighted by atomic mass is 16.4. The molecule has 158 valence electrons. The molecule has 4 rings (SSSR count). The first kappa shape index (κ1) is 20.4. The number of carbonyl (C=O) groups excluding carboxylic acids is 1. The average molecular weight is 399 g/mol. The van der Waals surface area contributed by atoms with Crippen molar-refractivity contribution in [3.63, 3.8) is 0 Å². The highest BCUT2D eigenvalue weighted by Gasteiger charge is 2.44. The van der Waals surface area contributed by atoms with Crippen LogP contribution in [0.4, 0.5) is 0 Å². The predicted molar refractivity (Wildman–Crippen MR) is 113 cm³/mol. The quantitative estimate of drug-likeness (QED) is 0.841. The smallest absolute Gasteiger partial charge is 0.314 e. The maximum Gasteiger partial charge on any atom is 0.314 e. The van der Waals surface area contributed by atoms with Crippen molar-refractivity contribution in [1.82, 2.24) is 9.80 Å². The van der Waals surface area contributed by atoms with Crippen LogP contribution in [0.25, 0.3) is 0 Å². The van der Waals surface area contributed by atoms with Crippen molar-refractivity contribution >= 4 is 11.9 Å². The fourth-order valence-corrected chi connectivity index (χ4v) is 5.71. The van der Waals surface area contributed by atoms with Gasteiger partial charge in [0.1, 0.15) is 0 Å². The van der Waals surface area contributed by atoms with Crippen LogP contribution in [0.2, 0.25) is 0 Å². The summed E-state index contributed by atoms with van der Waals surface area (Å²) < 4.78 is 0. The zero-order valence-corrected chi connectivity index (χ0v) is 17.4. The number of piperidine rings is 2. The first-order valence-corrected chi connectivity index (χ1v) is 11.4. The maximum atomic E-state index is 13.1. The molecule has 1 aromatic carbocycles. The molecule has 5 heteroatoms. The predicted octanol–water partition coefficient (Wildman–Crippen LogP) is 3.68. The molecule has 0 bridgehead atoms. The van der Waals surface area contributed by atoms with Gasteiger partial charge in [-0.1, -0.05) is 49.6 Å². The summed E-state index contributed by atoms with van der Waals surface area (Å²) in [6.07, 6.45) is 9.62. The van der Waals surface area contributed by atoms with Crippen LogP contribution in [-0.4, -0.2) is 59.0 Å². The van der Waals surface area contributed by atoms with E-state index in [1.165, 1.54) is 32.1 Å². The molecule has 1 N–H and O–H groups in total. The minimum atomic E-state index is -0.859. The number of nitrogens with zero attached hydrogens (tertiary/aromatic N) is 2. The van der Waals surface area contributed by atoms with Crippen LogP contribution in [0.5, 0.6) is 0 Å². The number of carboxylic acids is 1. The van der Waals surface area contributed by atoms with Crippen LogP contribution >= 0.6 is 0 Å².